The maximum atomic E-state index is 11.7. The Morgan fingerprint density at radius 2 is 1.26 bits per heavy atom. The van der Waals surface area contributed by atoms with Gasteiger partial charge in [-0.1, -0.05) is 18.2 Å². The van der Waals surface area contributed by atoms with E-state index in [0.29, 0.717) is 5.69 Å². The number of hydrogen-bond donors (Lipinski definition) is 0. The van der Waals surface area contributed by atoms with Crippen LogP contribution < -0.4 is 9.91 Å². The van der Waals surface area contributed by atoms with Crippen LogP contribution in [0, 0.1) is 0 Å². The van der Waals surface area contributed by atoms with Crippen LogP contribution in [0.25, 0.3) is 0 Å². The number of imide groups is 1. The van der Waals surface area contributed by atoms with Crippen LogP contribution >= 0.6 is 0 Å². The van der Waals surface area contributed by atoms with Crippen LogP contribution in [0.4, 0.5) is 17.1 Å². The average Bonchev–Trinajstić information content (AvgIpc) is 2.88. The minimum Gasteiger partial charge on any atom is -0.275 e. The predicted octanol–water partition coefficient (Wildman–Crippen LogP) is 2.73. The fraction of sp³-hybridized carbons (Fsp3) is 0.111. The number of amides is 2. The molecule has 2 aromatic carbocycles. The van der Waals surface area contributed by atoms with Gasteiger partial charge in [-0.05, 0) is 36.4 Å². The van der Waals surface area contributed by atoms with Crippen molar-refractivity contribution in [2.75, 3.05) is 24.0 Å². The van der Waals surface area contributed by atoms with Crippen LogP contribution in [0.2, 0.25) is 0 Å². The average molecular weight is 307 g/mol. The molecule has 5 heteroatoms. The monoisotopic (exact) mass is 307 g/mol. The van der Waals surface area contributed by atoms with Gasteiger partial charge in [0.2, 0.25) is 0 Å². The van der Waals surface area contributed by atoms with Crippen molar-refractivity contribution < 1.29 is 9.59 Å². The molecule has 2 aromatic rings. The third kappa shape index (κ3) is 2.86. The van der Waals surface area contributed by atoms with Crippen LogP contribution in [0.3, 0.4) is 0 Å². The lowest BCUT2D eigenvalue weighted by molar-refractivity contribution is -0.119. The summed E-state index contributed by atoms with van der Waals surface area (Å²) in [4.78, 5) is 24.6. The number of anilines is 3. The summed E-state index contributed by atoms with van der Waals surface area (Å²) in [5, 5.41) is 4.01. The summed E-state index contributed by atoms with van der Waals surface area (Å²) in [5.74, 6) is -0.620. The van der Waals surface area contributed by atoms with Crippen LogP contribution in [-0.2, 0) is 9.59 Å². The molecule has 0 radical (unpaired) electrons. The lowest BCUT2D eigenvalue weighted by Crippen LogP contribution is -2.33. The van der Waals surface area contributed by atoms with Gasteiger partial charge in [0.25, 0.3) is 11.8 Å². The molecule has 1 heterocycles. The summed E-state index contributed by atoms with van der Waals surface area (Å²) >= 11 is 0. The first kappa shape index (κ1) is 15.0. The fourth-order valence-electron chi connectivity index (χ4n) is 2.58. The third-order valence-electron chi connectivity index (χ3n) is 3.56. The maximum absolute atomic E-state index is 11.7. The minimum absolute atomic E-state index is 0.310. The van der Waals surface area contributed by atoms with Gasteiger partial charge >= 0.3 is 0 Å². The van der Waals surface area contributed by atoms with Gasteiger partial charge in [0, 0.05) is 26.2 Å². The van der Waals surface area contributed by atoms with Gasteiger partial charge < -0.3 is 0 Å². The number of benzene rings is 2. The molecule has 0 atom stereocenters. The topological polar surface area (TPSA) is 43.9 Å². The Bertz CT molecular complexity index is 734. The van der Waals surface area contributed by atoms with E-state index < -0.39 is 0 Å². The van der Waals surface area contributed by atoms with E-state index in [9.17, 15) is 9.59 Å². The highest BCUT2D eigenvalue weighted by molar-refractivity contribution is 6.28. The first-order valence-electron chi connectivity index (χ1n) is 7.26. The number of hydrazine groups is 1. The number of carbonyl (C=O) groups is 2. The van der Waals surface area contributed by atoms with E-state index in [2.05, 4.69) is 0 Å². The Morgan fingerprint density at radius 1 is 0.739 bits per heavy atom. The van der Waals surface area contributed by atoms with Crippen molar-refractivity contribution in [3.63, 3.8) is 0 Å². The molecule has 23 heavy (non-hydrogen) atoms. The molecule has 0 unspecified atom stereocenters. The number of para-hydroxylation sites is 1. The molecule has 0 saturated carbocycles. The largest absolute Gasteiger partial charge is 0.275 e. The second-order valence-electron chi connectivity index (χ2n) is 5.36. The van der Waals surface area contributed by atoms with E-state index in [1.807, 2.05) is 66.6 Å². The molecular weight excluding hydrogens is 290 g/mol. The van der Waals surface area contributed by atoms with Gasteiger partial charge in [0.15, 0.2) is 0 Å². The Morgan fingerprint density at radius 3 is 1.78 bits per heavy atom. The number of nitrogens with zero attached hydrogens (tertiary/aromatic N) is 3. The molecule has 0 spiro atoms. The summed E-state index contributed by atoms with van der Waals surface area (Å²) < 4.78 is 0. The Kier molecular flexibility index (Phi) is 3.95. The van der Waals surface area contributed by atoms with Crippen molar-refractivity contribution in [3.05, 3.63) is 66.7 Å². The number of rotatable bonds is 4. The first-order valence-corrected chi connectivity index (χ1v) is 7.26. The molecule has 0 fully saturated rings. The SMILES string of the molecule is CN(C)N(c1ccccc1)c1ccc(N2C(=O)C=CC2=O)cc1. The van der Waals surface area contributed by atoms with Crippen molar-refractivity contribution in [1.82, 2.24) is 5.01 Å². The zero-order chi connectivity index (χ0) is 16.4. The standard InChI is InChI=1S/C18H17N3O2/c1-19(2)21(15-6-4-3-5-7-15)16-10-8-14(9-11-16)20-17(22)12-13-18(20)23/h3-13H,1-2H3. The van der Waals surface area contributed by atoms with Gasteiger partial charge in [0.05, 0.1) is 17.1 Å². The zero-order valence-electron chi connectivity index (χ0n) is 13.0. The van der Waals surface area contributed by atoms with E-state index in [1.54, 1.807) is 12.1 Å². The first-order chi connectivity index (χ1) is 11.1. The quantitative estimate of drug-likeness (QED) is 0.643. The molecule has 1 aliphatic rings. The molecule has 0 saturated heterocycles. The van der Waals surface area contributed by atoms with Crippen molar-refractivity contribution in [1.29, 1.82) is 0 Å². The molecule has 3 rings (SSSR count). The summed E-state index contributed by atoms with van der Waals surface area (Å²) in [6, 6.07) is 17.3. The molecule has 1 aliphatic heterocycles. The molecular formula is C18H17N3O2. The van der Waals surface area contributed by atoms with E-state index in [1.165, 1.54) is 12.2 Å². The predicted molar refractivity (Wildman–Crippen MR) is 90.3 cm³/mol. The Hall–Kier alpha value is -2.92. The highest BCUT2D eigenvalue weighted by Gasteiger charge is 2.25. The van der Waals surface area contributed by atoms with E-state index in [0.717, 1.165) is 16.3 Å². The van der Waals surface area contributed by atoms with Crippen LogP contribution in [0.5, 0.6) is 0 Å². The molecule has 0 aromatic heterocycles. The smallest absolute Gasteiger partial charge is 0.258 e. The molecule has 116 valence electrons. The zero-order valence-corrected chi connectivity index (χ0v) is 13.0. The van der Waals surface area contributed by atoms with Crippen molar-refractivity contribution in [2.24, 2.45) is 0 Å². The maximum Gasteiger partial charge on any atom is 0.258 e. The van der Waals surface area contributed by atoms with Crippen molar-refractivity contribution in [2.45, 2.75) is 0 Å². The van der Waals surface area contributed by atoms with Crippen molar-refractivity contribution >= 4 is 28.9 Å². The summed E-state index contributed by atoms with van der Waals surface area (Å²) in [7, 11) is 3.91. The summed E-state index contributed by atoms with van der Waals surface area (Å²) in [6.45, 7) is 0. The Balaban J connectivity index is 1.91. The van der Waals surface area contributed by atoms with E-state index in [4.69, 9.17) is 0 Å². The highest BCUT2D eigenvalue weighted by atomic mass is 16.2. The van der Waals surface area contributed by atoms with E-state index >= 15 is 0 Å². The lowest BCUT2D eigenvalue weighted by atomic mass is 10.2. The van der Waals surface area contributed by atoms with Gasteiger partial charge in [0.1, 0.15) is 0 Å². The highest BCUT2D eigenvalue weighted by Crippen LogP contribution is 2.28. The number of carbonyl (C=O) groups excluding carboxylic acids is 2. The second-order valence-corrected chi connectivity index (χ2v) is 5.36. The minimum atomic E-state index is -0.310. The fourth-order valence-corrected chi connectivity index (χ4v) is 2.58. The van der Waals surface area contributed by atoms with Crippen LogP contribution in [-0.4, -0.2) is 30.9 Å². The van der Waals surface area contributed by atoms with Gasteiger partial charge in [-0.15, -0.1) is 0 Å². The third-order valence-corrected chi connectivity index (χ3v) is 3.56. The van der Waals surface area contributed by atoms with Crippen LogP contribution in [0.1, 0.15) is 0 Å². The Labute approximate surface area is 135 Å². The molecule has 0 aliphatic carbocycles. The lowest BCUT2D eigenvalue weighted by Gasteiger charge is -2.31. The van der Waals surface area contributed by atoms with E-state index in [-0.39, 0.29) is 11.8 Å². The normalized spacial score (nSPS) is 14.0. The molecule has 0 N–H and O–H groups in total. The molecule has 5 nitrogen and oxygen atoms in total. The van der Waals surface area contributed by atoms with Gasteiger partial charge in [-0.3, -0.25) is 14.6 Å². The molecule has 2 amide bonds. The molecule has 0 bridgehead atoms. The van der Waals surface area contributed by atoms with Gasteiger partial charge in [-0.25, -0.2) is 9.91 Å². The van der Waals surface area contributed by atoms with Gasteiger partial charge in [-0.2, -0.15) is 0 Å². The second kappa shape index (κ2) is 6.06. The summed E-state index contributed by atoms with van der Waals surface area (Å²) in [5.41, 5.74) is 2.54. The number of hydrogen-bond acceptors (Lipinski definition) is 4. The summed E-state index contributed by atoms with van der Waals surface area (Å²) in [6.07, 6.45) is 2.57. The van der Waals surface area contributed by atoms with Crippen molar-refractivity contribution in [3.8, 4) is 0 Å². The van der Waals surface area contributed by atoms with Crippen LogP contribution in [0.15, 0.2) is 66.7 Å².